The van der Waals surface area contributed by atoms with Crippen molar-refractivity contribution >= 4 is 21.9 Å². The zero-order chi connectivity index (χ0) is 15.7. The van der Waals surface area contributed by atoms with Gasteiger partial charge in [-0.25, -0.2) is 0 Å². The predicted molar refractivity (Wildman–Crippen MR) is 88.2 cm³/mol. The van der Waals surface area contributed by atoms with Gasteiger partial charge in [-0.15, -0.1) is 6.42 Å². The normalized spacial score (nSPS) is 29.1. The monoisotopic (exact) mass is 354 g/mol. The number of alkyl halides is 1. The molecule has 0 aliphatic carbocycles. The van der Waals surface area contributed by atoms with Gasteiger partial charge in [0.05, 0.1) is 12.2 Å². The first-order chi connectivity index (χ1) is 10.1. The summed E-state index contributed by atoms with van der Waals surface area (Å²) in [5.41, 5.74) is 0. The number of halogens is 1. The number of carbonyl (C=O) groups excluding carboxylic acids is 1. The van der Waals surface area contributed by atoms with Crippen LogP contribution in [0.15, 0.2) is 24.3 Å². The summed E-state index contributed by atoms with van der Waals surface area (Å²) in [5, 5.41) is 0. The Balaban J connectivity index is 2.83. The summed E-state index contributed by atoms with van der Waals surface area (Å²) in [6, 6.07) is 0. The highest BCUT2D eigenvalue weighted by Crippen LogP contribution is 2.25. The molecule has 1 aliphatic rings. The molecule has 116 valence electrons. The van der Waals surface area contributed by atoms with Gasteiger partial charge in [0.25, 0.3) is 0 Å². The second kappa shape index (κ2) is 9.81. The molecule has 1 aliphatic heterocycles. The fourth-order valence-electron chi connectivity index (χ4n) is 2.32. The van der Waals surface area contributed by atoms with Gasteiger partial charge in [0, 0.05) is 18.2 Å². The van der Waals surface area contributed by atoms with Gasteiger partial charge >= 0.3 is 5.97 Å². The van der Waals surface area contributed by atoms with E-state index in [1.54, 1.807) is 6.08 Å². The Kier molecular flexibility index (Phi) is 8.41. The maximum Gasteiger partial charge on any atom is 0.303 e. The van der Waals surface area contributed by atoms with Crippen LogP contribution in [-0.4, -0.2) is 29.1 Å². The topological polar surface area (TPSA) is 35.5 Å². The van der Waals surface area contributed by atoms with Gasteiger partial charge in [0.2, 0.25) is 0 Å². The highest BCUT2D eigenvalue weighted by Gasteiger charge is 2.29. The third kappa shape index (κ3) is 6.50. The third-order valence-electron chi connectivity index (χ3n) is 3.37. The minimum Gasteiger partial charge on any atom is -0.459 e. The number of allylic oxidation sites excluding steroid dienone is 2. The third-order valence-corrected chi connectivity index (χ3v) is 4.33. The first-order valence-electron chi connectivity index (χ1n) is 7.31. The maximum atomic E-state index is 11.3. The first kappa shape index (κ1) is 18.0. The number of rotatable bonds is 5. The van der Waals surface area contributed by atoms with Crippen molar-refractivity contribution in [2.75, 3.05) is 0 Å². The molecule has 4 atom stereocenters. The van der Waals surface area contributed by atoms with E-state index in [0.717, 1.165) is 19.3 Å². The highest BCUT2D eigenvalue weighted by molar-refractivity contribution is 9.09. The Morgan fingerprint density at radius 2 is 2.29 bits per heavy atom. The molecule has 3 nitrogen and oxygen atoms in total. The summed E-state index contributed by atoms with van der Waals surface area (Å²) >= 11 is 3.67. The minimum atomic E-state index is -0.316. The summed E-state index contributed by atoms with van der Waals surface area (Å²) < 4.78 is 11.6. The van der Waals surface area contributed by atoms with Crippen molar-refractivity contribution in [3.05, 3.63) is 24.3 Å². The molecule has 1 rings (SSSR count). The zero-order valence-corrected chi connectivity index (χ0v) is 14.2. The molecule has 0 spiro atoms. The molecule has 0 aromatic heterocycles. The Morgan fingerprint density at radius 1 is 1.57 bits per heavy atom. The van der Waals surface area contributed by atoms with Crippen LogP contribution in [0.2, 0.25) is 0 Å². The zero-order valence-electron chi connectivity index (χ0n) is 12.6. The molecule has 21 heavy (non-hydrogen) atoms. The lowest BCUT2D eigenvalue weighted by Crippen LogP contribution is -2.38. The van der Waals surface area contributed by atoms with Gasteiger partial charge in [0.15, 0.2) is 0 Å². The second-order valence-corrected chi connectivity index (χ2v) is 6.21. The molecular weight excluding hydrogens is 332 g/mol. The van der Waals surface area contributed by atoms with Gasteiger partial charge in [-0.1, -0.05) is 47.0 Å². The van der Waals surface area contributed by atoms with E-state index >= 15 is 0 Å². The number of terminal acetylenes is 1. The fourth-order valence-corrected chi connectivity index (χ4v) is 3.04. The van der Waals surface area contributed by atoms with E-state index in [-0.39, 0.29) is 29.1 Å². The van der Waals surface area contributed by atoms with Crippen LogP contribution in [0.1, 0.15) is 39.5 Å². The predicted octanol–water partition coefficient (Wildman–Crippen LogP) is 3.77. The summed E-state index contributed by atoms with van der Waals surface area (Å²) in [6.07, 6.45) is 15.7. The molecule has 0 N–H and O–H groups in total. The average Bonchev–Trinajstić information content (AvgIpc) is 2.43. The molecule has 1 heterocycles. The maximum absolute atomic E-state index is 11.3. The largest absolute Gasteiger partial charge is 0.459 e. The molecule has 0 fully saturated rings. The minimum absolute atomic E-state index is 0.106. The summed E-state index contributed by atoms with van der Waals surface area (Å²) in [5.74, 6) is 2.15. The molecule has 0 aromatic carbocycles. The second-order valence-electron chi connectivity index (χ2n) is 5.03. The van der Waals surface area contributed by atoms with Crippen molar-refractivity contribution in [2.45, 2.75) is 62.7 Å². The van der Waals surface area contributed by atoms with Crippen LogP contribution in [0.5, 0.6) is 0 Å². The first-order valence-corrected chi connectivity index (χ1v) is 8.22. The molecule has 0 radical (unpaired) electrons. The molecule has 0 unspecified atom stereocenters. The standard InChI is InChI=1S/C17H23BrO3/c1-4-6-7-11-16(20-13(3)19)17-12-9-8-10-14(18)15(5-2)21-17/h1,6-9,14-17H,5,10-12H2,2-3H3/b7-6+,9-8+/t14-,15-,16-,17-/m1/s1. The Labute approximate surface area is 135 Å². The van der Waals surface area contributed by atoms with E-state index in [9.17, 15) is 4.79 Å². The van der Waals surface area contributed by atoms with Crippen LogP contribution >= 0.6 is 15.9 Å². The molecular formula is C17H23BrO3. The highest BCUT2D eigenvalue weighted by atomic mass is 79.9. The molecule has 4 heteroatoms. The van der Waals surface area contributed by atoms with Crippen molar-refractivity contribution in [3.8, 4) is 12.3 Å². The quantitative estimate of drug-likeness (QED) is 0.326. The molecule has 0 bridgehead atoms. The van der Waals surface area contributed by atoms with E-state index in [1.807, 2.05) is 6.08 Å². The van der Waals surface area contributed by atoms with Crippen molar-refractivity contribution < 1.29 is 14.3 Å². The number of esters is 1. The molecule has 0 aromatic rings. The van der Waals surface area contributed by atoms with E-state index in [1.165, 1.54) is 6.92 Å². The fraction of sp³-hybridized carbons (Fsp3) is 0.588. The number of carbonyl (C=O) groups is 1. The van der Waals surface area contributed by atoms with Crippen molar-refractivity contribution in [3.63, 3.8) is 0 Å². The number of ether oxygens (including phenoxy) is 2. The van der Waals surface area contributed by atoms with E-state index in [2.05, 4.69) is 40.9 Å². The van der Waals surface area contributed by atoms with Crippen LogP contribution in [-0.2, 0) is 14.3 Å². The summed E-state index contributed by atoms with van der Waals surface area (Å²) in [7, 11) is 0. The van der Waals surface area contributed by atoms with Gasteiger partial charge in [-0.05, 0) is 25.3 Å². The summed E-state index contributed by atoms with van der Waals surface area (Å²) in [6.45, 7) is 3.52. The Morgan fingerprint density at radius 3 is 2.90 bits per heavy atom. The lowest BCUT2D eigenvalue weighted by atomic mass is 10.0. The van der Waals surface area contributed by atoms with Gasteiger partial charge in [-0.3, -0.25) is 4.79 Å². The lowest BCUT2D eigenvalue weighted by Gasteiger charge is -2.32. The smallest absolute Gasteiger partial charge is 0.303 e. The van der Waals surface area contributed by atoms with Gasteiger partial charge < -0.3 is 9.47 Å². The molecule has 0 saturated carbocycles. The van der Waals surface area contributed by atoms with Crippen molar-refractivity contribution in [1.82, 2.24) is 0 Å². The van der Waals surface area contributed by atoms with Crippen LogP contribution in [0.4, 0.5) is 0 Å². The molecule has 0 amide bonds. The lowest BCUT2D eigenvalue weighted by molar-refractivity contribution is -0.158. The van der Waals surface area contributed by atoms with Crippen LogP contribution < -0.4 is 0 Å². The molecule has 0 saturated heterocycles. The van der Waals surface area contributed by atoms with Crippen molar-refractivity contribution in [1.29, 1.82) is 0 Å². The Bertz CT molecular complexity index is 422. The van der Waals surface area contributed by atoms with E-state index in [4.69, 9.17) is 15.9 Å². The van der Waals surface area contributed by atoms with E-state index in [0.29, 0.717) is 6.42 Å². The average molecular weight is 355 g/mol. The van der Waals surface area contributed by atoms with E-state index < -0.39 is 0 Å². The number of hydrogen-bond acceptors (Lipinski definition) is 3. The SMILES string of the molecule is C#C/C=C/C[C@@H](OC(C)=O)[C@H]1C/C=C/C[C@@H](Br)[C@@H](CC)O1. The number of hydrogen-bond donors (Lipinski definition) is 0. The van der Waals surface area contributed by atoms with Crippen LogP contribution in [0, 0.1) is 12.3 Å². The van der Waals surface area contributed by atoms with Gasteiger partial charge in [0.1, 0.15) is 6.10 Å². The van der Waals surface area contributed by atoms with Crippen LogP contribution in [0.3, 0.4) is 0 Å². The van der Waals surface area contributed by atoms with Crippen LogP contribution in [0.25, 0.3) is 0 Å². The summed E-state index contributed by atoms with van der Waals surface area (Å²) in [4.78, 5) is 11.6. The van der Waals surface area contributed by atoms with Gasteiger partial charge in [-0.2, -0.15) is 0 Å². The van der Waals surface area contributed by atoms with Crippen molar-refractivity contribution in [2.24, 2.45) is 0 Å². The Hall–Kier alpha value is -1.05.